The van der Waals surface area contributed by atoms with Crippen molar-refractivity contribution in [3.63, 3.8) is 0 Å². The van der Waals surface area contributed by atoms with E-state index in [-0.39, 0.29) is 22.3 Å². The zero-order valence-corrected chi connectivity index (χ0v) is 17.0. The summed E-state index contributed by atoms with van der Waals surface area (Å²) < 4.78 is 0. The van der Waals surface area contributed by atoms with Crippen LogP contribution in [0.15, 0.2) is 83.8 Å². The highest BCUT2D eigenvalue weighted by Crippen LogP contribution is 2.27. The molecule has 1 atom stereocenters. The summed E-state index contributed by atoms with van der Waals surface area (Å²) in [6, 6.07) is 22.3. The van der Waals surface area contributed by atoms with Gasteiger partial charge in [-0.15, -0.1) is 11.8 Å². The molecule has 3 N–H and O–H groups in total. The summed E-state index contributed by atoms with van der Waals surface area (Å²) in [6.45, 7) is 1.80. The van der Waals surface area contributed by atoms with Gasteiger partial charge in [-0.2, -0.15) is 0 Å². The lowest BCUT2D eigenvalue weighted by Crippen LogP contribution is -2.22. The van der Waals surface area contributed by atoms with Crippen molar-refractivity contribution in [2.24, 2.45) is 0 Å². The number of hydrogen-bond acceptors (Lipinski definition) is 4. The van der Waals surface area contributed by atoms with E-state index in [0.717, 1.165) is 10.6 Å². The van der Waals surface area contributed by atoms with Crippen LogP contribution in [-0.2, 0) is 4.79 Å². The van der Waals surface area contributed by atoms with Gasteiger partial charge in [0.05, 0.1) is 16.4 Å². The molecular weight excluding hydrogens is 400 g/mol. The van der Waals surface area contributed by atoms with Crippen molar-refractivity contribution in [2.45, 2.75) is 17.1 Å². The van der Waals surface area contributed by atoms with Crippen LogP contribution in [-0.4, -0.2) is 28.1 Å². The number of amides is 2. The van der Waals surface area contributed by atoms with Crippen LogP contribution >= 0.6 is 11.8 Å². The first kappa shape index (κ1) is 21.1. The van der Waals surface area contributed by atoms with Gasteiger partial charge in [0.25, 0.3) is 5.91 Å². The largest absolute Gasteiger partial charge is 0.478 e. The Morgan fingerprint density at radius 2 is 1.43 bits per heavy atom. The summed E-state index contributed by atoms with van der Waals surface area (Å²) in [4.78, 5) is 37.1. The van der Waals surface area contributed by atoms with Crippen LogP contribution in [0, 0.1) is 0 Å². The van der Waals surface area contributed by atoms with Gasteiger partial charge in [-0.25, -0.2) is 4.79 Å². The van der Waals surface area contributed by atoms with Crippen molar-refractivity contribution >= 4 is 40.9 Å². The van der Waals surface area contributed by atoms with E-state index in [1.54, 1.807) is 37.3 Å². The molecule has 30 heavy (non-hydrogen) atoms. The lowest BCUT2D eigenvalue weighted by Gasteiger charge is -2.13. The first-order valence-electron chi connectivity index (χ1n) is 9.20. The number of carboxylic acid groups (broad SMARTS) is 1. The molecule has 3 aromatic rings. The van der Waals surface area contributed by atoms with Crippen LogP contribution < -0.4 is 10.6 Å². The van der Waals surface area contributed by atoms with Crippen LogP contribution in [0.1, 0.15) is 27.6 Å². The molecule has 1 unspecified atom stereocenters. The van der Waals surface area contributed by atoms with Crippen molar-refractivity contribution in [1.29, 1.82) is 0 Å². The second kappa shape index (κ2) is 9.76. The predicted molar refractivity (Wildman–Crippen MR) is 118 cm³/mol. The van der Waals surface area contributed by atoms with E-state index in [2.05, 4.69) is 10.6 Å². The number of aromatic carboxylic acids is 1. The third kappa shape index (κ3) is 5.48. The maximum Gasteiger partial charge on any atom is 0.336 e. The van der Waals surface area contributed by atoms with Crippen LogP contribution in [0.5, 0.6) is 0 Å². The molecule has 0 saturated carbocycles. The second-order valence-corrected chi connectivity index (χ2v) is 7.86. The molecule has 0 bridgehead atoms. The summed E-state index contributed by atoms with van der Waals surface area (Å²) in [5, 5.41) is 14.5. The Balaban J connectivity index is 1.67. The SMILES string of the molecule is CC(Sc1cccc(NC(=O)c2ccccc2C(=O)O)c1)C(=O)Nc1ccccc1. The molecule has 0 fully saturated rings. The second-order valence-electron chi connectivity index (χ2n) is 6.45. The summed E-state index contributed by atoms with van der Waals surface area (Å²) >= 11 is 1.36. The van der Waals surface area contributed by atoms with Gasteiger partial charge in [-0.1, -0.05) is 36.4 Å². The Kier molecular flexibility index (Phi) is 6.87. The molecule has 0 aromatic heterocycles. The summed E-state index contributed by atoms with van der Waals surface area (Å²) in [7, 11) is 0. The average molecular weight is 420 g/mol. The van der Waals surface area contributed by atoms with Gasteiger partial charge in [0.15, 0.2) is 0 Å². The van der Waals surface area contributed by atoms with Crippen molar-refractivity contribution in [1.82, 2.24) is 0 Å². The lowest BCUT2D eigenvalue weighted by atomic mass is 10.1. The molecule has 3 aromatic carbocycles. The van der Waals surface area contributed by atoms with Crippen LogP contribution in [0.3, 0.4) is 0 Å². The first-order chi connectivity index (χ1) is 14.4. The summed E-state index contributed by atoms with van der Waals surface area (Å²) in [5.41, 5.74) is 1.26. The fourth-order valence-corrected chi connectivity index (χ4v) is 3.66. The molecule has 152 valence electrons. The zero-order valence-electron chi connectivity index (χ0n) is 16.2. The predicted octanol–water partition coefficient (Wildman–Crippen LogP) is 4.76. The number of para-hydroxylation sites is 1. The third-order valence-electron chi connectivity index (χ3n) is 4.22. The highest BCUT2D eigenvalue weighted by Gasteiger charge is 2.17. The minimum Gasteiger partial charge on any atom is -0.478 e. The van der Waals surface area contributed by atoms with E-state index in [1.165, 1.54) is 23.9 Å². The van der Waals surface area contributed by atoms with E-state index in [1.807, 2.05) is 36.4 Å². The Morgan fingerprint density at radius 1 is 0.800 bits per heavy atom. The third-order valence-corrected chi connectivity index (χ3v) is 5.31. The number of thioether (sulfide) groups is 1. The number of carboxylic acids is 1. The molecule has 0 saturated heterocycles. The van der Waals surface area contributed by atoms with E-state index >= 15 is 0 Å². The molecule has 0 heterocycles. The average Bonchev–Trinajstić information content (AvgIpc) is 2.74. The van der Waals surface area contributed by atoms with Gasteiger partial charge >= 0.3 is 5.97 Å². The molecule has 3 rings (SSSR count). The molecule has 6 nitrogen and oxygen atoms in total. The molecule has 0 aliphatic heterocycles. The van der Waals surface area contributed by atoms with Crippen LogP contribution in [0.25, 0.3) is 0 Å². The maximum absolute atomic E-state index is 12.5. The molecule has 0 radical (unpaired) electrons. The number of anilines is 2. The van der Waals surface area contributed by atoms with E-state index in [9.17, 15) is 19.5 Å². The molecule has 0 spiro atoms. The van der Waals surface area contributed by atoms with Gasteiger partial charge in [-0.05, 0) is 49.4 Å². The normalized spacial score (nSPS) is 11.4. The standard InChI is InChI=1S/C23H20N2O4S/c1-15(21(26)24-16-8-3-2-4-9-16)30-18-11-7-10-17(14-18)25-22(27)19-12-5-6-13-20(19)23(28)29/h2-15H,1H3,(H,24,26)(H,25,27)(H,28,29). The van der Waals surface area contributed by atoms with E-state index < -0.39 is 11.9 Å². The van der Waals surface area contributed by atoms with Gasteiger partial charge < -0.3 is 15.7 Å². The van der Waals surface area contributed by atoms with Crippen molar-refractivity contribution < 1.29 is 19.5 Å². The Labute approximate surface area is 178 Å². The lowest BCUT2D eigenvalue weighted by molar-refractivity contribution is -0.115. The number of hydrogen-bond donors (Lipinski definition) is 3. The molecule has 7 heteroatoms. The molecule has 2 amide bonds. The quantitative estimate of drug-likeness (QED) is 0.479. The number of nitrogens with one attached hydrogen (secondary N) is 2. The van der Waals surface area contributed by atoms with Gasteiger partial charge in [0, 0.05) is 16.3 Å². The number of benzene rings is 3. The monoisotopic (exact) mass is 420 g/mol. The minimum atomic E-state index is -1.16. The number of carbonyl (C=O) groups excluding carboxylic acids is 2. The van der Waals surface area contributed by atoms with Crippen LogP contribution in [0.4, 0.5) is 11.4 Å². The summed E-state index contributed by atoms with van der Waals surface area (Å²) in [6.07, 6.45) is 0. The van der Waals surface area contributed by atoms with Crippen molar-refractivity contribution in [3.05, 3.63) is 90.0 Å². The highest BCUT2D eigenvalue weighted by molar-refractivity contribution is 8.00. The fraction of sp³-hybridized carbons (Fsp3) is 0.0870. The molecule has 0 aliphatic carbocycles. The smallest absolute Gasteiger partial charge is 0.336 e. The molecule has 0 aliphatic rings. The molecular formula is C23H20N2O4S. The van der Waals surface area contributed by atoms with Crippen molar-refractivity contribution in [3.8, 4) is 0 Å². The highest BCUT2D eigenvalue weighted by atomic mass is 32.2. The Bertz CT molecular complexity index is 1070. The van der Waals surface area contributed by atoms with Gasteiger partial charge in [0.2, 0.25) is 5.91 Å². The number of carbonyl (C=O) groups is 3. The zero-order chi connectivity index (χ0) is 21.5. The van der Waals surface area contributed by atoms with Gasteiger partial charge in [-0.3, -0.25) is 9.59 Å². The van der Waals surface area contributed by atoms with E-state index in [4.69, 9.17) is 0 Å². The Morgan fingerprint density at radius 3 is 2.13 bits per heavy atom. The minimum absolute atomic E-state index is 0.0632. The Hall–Kier alpha value is -3.58. The first-order valence-corrected chi connectivity index (χ1v) is 10.1. The number of rotatable bonds is 7. The topological polar surface area (TPSA) is 95.5 Å². The van der Waals surface area contributed by atoms with E-state index in [0.29, 0.717) is 5.69 Å². The summed E-state index contributed by atoms with van der Waals surface area (Å²) in [5.74, 6) is -1.80. The fourth-order valence-electron chi connectivity index (χ4n) is 2.74. The van der Waals surface area contributed by atoms with Crippen LogP contribution in [0.2, 0.25) is 0 Å². The van der Waals surface area contributed by atoms with Crippen molar-refractivity contribution in [2.75, 3.05) is 10.6 Å². The maximum atomic E-state index is 12.5. The van der Waals surface area contributed by atoms with Gasteiger partial charge in [0.1, 0.15) is 0 Å².